The van der Waals surface area contributed by atoms with Gasteiger partial charge in [-0.3, -0.25) is 0 Å². The minimum Gasteiger partial charge on any atom is -0.507 e. The maximum absolute atomic E-state index is 12.9. The van der Waals surface area contributed by atoms with E-state index in [4.69, 9.17) is 4.42 Å². The summed E-state index contributed by atoms with van der Waals surface area (Å²) in [5.74, 6) is 0.740. The normalized spacial score (nSPS) is 11.0. The number of aryl methyl sites for hydroxylation is 4. The van der Waals surface area contributed by atoms with E-state index in [1.165, 1.54) is 30.0 Å². The first-order valence-corrected chi connectivity index (χ1v) is 9.66. The van der Waals surface area contributed by atoms with Gasteiger partial charge in [-0.1, -0.05) is 17.7 Å². The average molecular weight is 384 g/mol. The lowest BCUT2D eigenvalue weighted by Crippen LogP contribution is -2.08. The Labute approximate surface area is 161 Å². The molecule has 0 bridgehead atoms. The second-order valence-electron chi connectivity index (χ2n) is 6.59. The van der Waals surface area contributed by atoms with Crippen LogP contribution in [-0.4, -0.2) is 10.9 Å². The largest absolute Gasteiger partial charge is 0.507 e. The van der Waals surface area contributed by atoms with E-state index in [9.17, 15) is 14.3 Å². The number of rotatable bonds is 5. The SMILES string of the molecule is Cc1cc(C)c(-c2c(O)cc(CCSc3ccc(F)cc3)oc2=O)c(C)c1. The standard InChI is InChI=1S/C22H21FO3S/c1-13-10-14(2)20(15(3)11-13)21-19(24)12-17(26-22(21)25)8-9-27-18-6-4-16(23)5-7-18/h4-7,10-12,24H,8-9H2,1-3H3. The van der Waals surface area contributed by atoms with Crippen LogP contribution >= 0.6 is 11.8 Å². The molecule has 0 aliphatic rings. The third-order valence-electron chi connectivity index (χ3n) is 4.34. The molecule has 1 aromatic heterocycles. The molecular weight excluding hydrogens is 363 g/mol. The molecule has 0 fully saturated rings. The second kappa shape index (κ2) is 8.01. The van der Waals surface area contributed by atoms with Gasteiger partial charge in [-0.05, 0) is 61.7 Å². The highest BCUT2D eigenvalue weighted by Gasteiger charge is 2.17. The fourth-order valence-electron chi connectivity index (χ4n) is 3.26. The van der Waals surface area contributed by atoms with Gasteiger partial charge in [0.15, 0.2) is 0 Å². The summed E-state index contributed by atoms with van der Waals surface area (Å²) in [5.41, 5.74) is 3.35. The third-order valence-corrected chi connectivity index (χ3v) is 5.35. The van der Waals surface area contributed by atoms with Gasteiger partial charge in [0.1, 0.15) is 22.9 Å². The van der Waals surface area contributed by atoms with Crippen molar-refractivity contribution in [3.8, 4) is 16.9 Å². The number of hydrogen-bond donors (Lipinski definition) is 1. The molecule has 3 aromatic rings. The van der Waals surface area contributed by atoms with Crippen LogP contribution in [0.25, 0.3) is 11.1 Å². The first-order chi connectivity index (χ1) is 12.8. The Morgan fingerprint density at radius 3 is 2.22 bits per heavy atom. The van der Waals surface area contributed by atoms with Crippen molar-refractivity contribution in [1.29, 1.82) is 0 Å². The molecular formula is C22H21FO3S. The van der Waals surface area contributed by atoms with Crippen LogP contribution in [-0.2, 0) is 6.42 Å². The first kappa shape index (κ1) is 19.2. The monoisotopic (exact) mass is 384 g/mol. The number of benzene rings is 2. The zero-order valence-corrected chi connectivity index (χ0v) is 16.3. The minimum absolute atomic E-state index is 0.0666. The van der Waals surface area contributed by atoms with Crippen LogP contribution in [0.1, 0.15) is 22.5 Å². The molecule has 0 saturated carbocycles. The summed E-state index contributed by atoms with van der Waals surface area (Å²) >= 11 is 1.53. The molecule has 0 atom stereocenters. The van der Waals surface area contributed by atoms with Gasteiger partial charge in [0.25, 0.3) is 0 Å². The number of aromatic hydroxyl groups is 1. The Bertz CT molecular complexity index is 1000. The van der Waals surface area contributed by atoms with Gasteiger partial charge in [-0.25, -0.2) is 9.18 Å². The van der Waals surface area contributed by atoms with E-state index in [0.717, 1.165) is 27.1 Å². The van der Waals surface area contributed by atoms with Crippen LogP contribution in [0.3, 0.4) is 0 Å². The van der Waals surface area contributed by atoms with Crippen molar-refractivity contribution in [2.45, 2.75) is 32.1 Å². The van der Waals surface area contributed by atoms with Crippen LogP contribution in [0.5, 0.6) is 5.75 Å². The lowest BCUT2D eigenvalue weighted by molar-refractivity contribution is 0.430. The quantitative estimate of drug-likeness (QED) is 0.598. The van der Waals surface area contributed by atoms with Crippen molar-refractivity contribution in [1.82, 2.24) is 0 Å². The number of halogens is 1. The molecule has 27 heavy (non-hydrogen) atoms. The lowest BCUT2D eigenvalue weighted by Gasteiger charge is -2.12. The Kier molecular flexibility index (Phi) is 5.71. The second-order valence-corrected chi connectivity index (χ2v) is 7.75. The first-order valence-electron chi connectivity index (χ1n) is 8.67. The summed E-state index contributed by atoms with van der Waals surface area (Å²) in [4.78, 5) is 13.5. The molecule has 3 nitrogen and oxygen atoms in total. The van der Waals surface area contributed by atoms with E-state index >= 15 is 0 Å². The maximum Gasteiger partial charge on any atom is 0.347 e. The fourth-order valence-corrected chi connectivity index (χ4v) is 4.12. The van der Waals surface area contributed by atoms with Gasteiger partial charge in [-0.2, -0.15) is 0 Å². The van der Waals surface area contributed by atoms with Crippen molar-refractivity contribution in [2.24, 2.45) is 0 Å². The molecule has 1 heterocycles. The molecule has 0 radical (unpaired) electrons. The van der Waals surface area contributed by atoms with Crippen LogP contribution < -0.4 is 5.63 Å². The van der Waals surface area contributed by atoms with Crippen LogP contribution in [0.4, 0.5) is 4.39 Å². The molecule has 0 aliphatic carbocycles. The Balaban J connectivity index is 1.81. The van der Waals surface area contributed by atoms with E-state index in [2.05, 4.69) is 0 Å². The van der Waals surface area contributed by atoms with E-state index in [1.807, 2.05) is 32.9 Å². The summed E-state index contributed by atoms with van der Waals surface area (Å²) in [6.07, 6.45) is 0.483. The molecule has 0 saturated heterocycles. The molecule has 5 heteroatoms. The lowest BCUT2D eigenvalue weighted by atomic mass is 9.94. The molecule has 0 aliphatic heterocycles. The van der Waals surface area contributed by atoms with Gasteiger partial charge < -0.3 is 9.52 Å². The molecule has 3 rings (SSSR count). The summed E-state index contributed by atoms with van der Waals surface area (Å²) in [6.45, 7) is 5.83. The van der Waals surface area contributed by atoms with Crippen molar-refractivity contribution in [3.05, 3.63) is 81.2 Å². The maximum atomic E-state index is 12.9. The van der Waals surface area contributed by atoms with Crippen LogP contribution in [0.15, 0.2) is 56.6 Å². The summed E-state index contributed by atoms with van der Waals surface area (Å²) < 4.78 is 18.4. The Hall–Kier alpha value is -2.53. The molecule has 2 aromatic carbocycles. The highest BCUT2D eigenvalue weighted by atomic mass is 32.2. The molecule has 0 unspecified atom stereocenters. The molecule has 0 amide bonds. The zero-order chi connectivity index (χ0) is 19.6. The Morgan fingerprint density at radius 2 is 1.63 bits per heavy atom. The highest BCUT2D eigenvalue weighted by molar-refractivity contribution is 7.99. The predicted molar refractivity (Wildman–Crippen MR) is 107 cm³/mol. The van der Waals surface area contributed by atoms with Crippen LogP contribution in [0.2, 0.25) is 0 Å². The zero-order valence-electron chi connectivity index (χ0n) is 15.5. The van der Waals surface area contributed by atoms with Crippen molar-refractivity contribution >= 4 is 11.8 Å². The van der Waals surface area contributed by atoms with E-state index in [1.54, 1.807) is 12.1 Å². The van der Waals surface area contributed by atoms with E-state index in [-0.39, 0.29) is 17.1 Å². The molecule has 0 spiro atoms. The Morgan fingerprint density at radius 1 is 1.00 bits per heavy atom. The van der Waals surface area contributed by atoms with E-state index in [0.29, 0.717) is 17.9 Å². The fraction of sp³-hybridized carbons (Fsp3) is 0.227. The topological polar surface area (TPSA) is 50.4 Å². The van der Waals surface area contributed by atoms with Crippen LogP contribution in [0, 0.1) is 26.6 Å². The van der Waals surface area contributed by atoms with Gasteiger partial charge >= 0.3 is 5.63 Å². The van der Waals surface area contributed by atoms with Gasteiger partial charge in [-0.15, -0.1) is 11.8 Å². The molecule has 140 valence electrons. The van der Waals surface area contributed by atoms with Crippen molar-refractivity contribution in [2.75, 3.05) is 5.75 Å². The van der Waals surface area contributed by atoms with E-state index < -0.39 is 5.63 Å². The third kappa shape index (κ3) is 4.42. The van der Waals surface area contributed by atoms with Gasteiger partial charge in [0.05, 0.1) is 0 Å². The van der Waals surface area contributed by atoms with Crippen molar-refractivity contribution < 1.29 is 13.9 Å². The summed E-state index contributed by atoms with van der Waals surface area (Å²) in [7, 11) is 0. The highest BCUT2D eigenvalue weighted by Crippen LogP contribution is 2.33. The molecule has 1 N–H and O–H groups in total. The average Bonchev–Trinajstić information content (AvgIpc) is 2.58. The number of thioether (sulfide) groups is 1. The van der Waals surface area contributed by atoms with Crippen molar-refractivity contribution in [3.63, 3.8) is 0 Å². The predicted octanol–water partition coefficient (Wildman–Crippen LogP) is 5.41. The number of hydrogen-bond acceptors (Lipinski definition) is 4. The van der Waals surface area contributed by atoms with Gasteiger partial charge in [0, 0.05) is 23.1 Å². The summed E-state index contributed by atoms with van der Waals surface area (Å²) in [5, 5.41) is 10.5. The summed E-state index contributed by atoms with van der Waals surface area (Å²) in [6, 6.07) is 11.7. The smallest absolute Gasteiger partial charge is 0.347 e. The minimum atomic E-state index is -0.535. The van der Waals surface area contributed by atoms with Gasteiger partial charge in [0.2, 0.25) is 0 Å².